The third-order valence-corrected chi connectivity index (χ3v) is 1.43. The molecule has 0 aromatic carbocycles. The minimum absolute atomic E-state index is 0.0683. The van der Waals surface area contributed by atoms with Gasteiger partial charge in [-0.3, -0.25) is 4.79 Å². The Kier molecular flexibility index (Phi) is 4.07. The first-order chi connectivity index (χ1) is 5.04. The van der Waals surface area contributed by atoms with Crippen LogP contribution in [0.5, 0.6) is 0 Å². The molecule has 0 aliphatic carbocycles. The van der Waals surface area contributed by atoms with Crippen molar-refractivity contribution >= 4 is 5.91 Å². The highest BCUT2D eigenvalue weighted by atomic mass is 16.3. The molecule has 11 heavy (non-hydrogen) atoms. The number of rotatable bonds is 4. The van der Waals surface area contributed by atoms with Crippen LogP contribution in [0.4, 0.5) is 0 Å². The first-order valence-electron chi connectivity index (χ1n) is 3.66. The Labute approximate surface area is 66.2 Å². The Bertz CT molecular complexity index is 134. The van der Waals surface area contributed by atoms with Crippen molar-refractivity contribution in [2.45, 2.75) is 25.9 Å². The first kappa shape index (κ1) is 10.4. The number of hydrogen-bond donors (Lipinski definition) is 3. The third kappa shape index (κ3) is 3.34. The lowest BCUT2D eigenvalue weighted by Gasteiger charge is -2.20. The molecule has 0 rings (SSSR count). The van der Waals surface area contributed by atoms with Crippen LogP contribution in [-0.4, -0.2) is 34.9 Å². The minimum Gasteiger partial charge on any atom is -0.396 e. The highest BCUT2D eigenvalue weighted by Crippen LogP contribution is 2.07. The molecular weight excluding hydrogens is 146 g/mol. The minimum atomic E-state index is -1.44. The molecule has 0 aromatic heterocycles. The van der Waals surface area contributed by atoms with Crippen molar-refractivity contribution in [3.63, 3.8) is 0 Å². The van der Waals surface area contributed by atoms with E-state index in [1.54, 1.807) is 6.92 Å². The summed E-state index contributed by atoms with van der Waals surface area (Å²) < 4.78 is 0. The second-order valence-electron chi connectivity index (χ2n) is 2.61. The van der Waals surface area contributed by atoms with Crippen LogP contribution in [0.1, 0.15) is 20.3 Å². The summed E-state index contributed by atoms with van der Waals surface area (Å²) in [5.74, 6) is -0.436. The van der Waals surface area contributed by atoms with E-state index in [1.807, 2.05) is 0 Å². The predicted molar refractivity (Wildman–Crippen MR) is 41.0 cm³/mol. The van der Waals surface area contributed by atoms with E-state index in [-0.39, 0.29) is 13.0 Å². The molecule has 4 heteroatoms. The largest absolute Gasteiger partial charge is 0.396 e. The van der Waals surface area contributed by atoms with Gasteiger partial charge in [0.25, 0.3) is 5.91 Å². The van der Waals surface area contributed by atoms with Crippen LogP contribution in [0.2, 0.25) is 0 Å². The molecule has 0 bridgehead atoms. The van der Waals surface area contributed by atoms with E-state index in [2.05, 4.69) is 5.32 Å². The molecule has 66 valence electrons. The van der Waals surface area contributed by atoms with Crippen molar-refractivity contribution in [1.29, 1.82) is 0 Å². The molecular formula is C7H15NO3. The first-order valence-corrected chi connectivity index (χ1v) is 3.66. The predicted octanol–water partition coefficient (Wildman–Crippen LogP) is -0.744. The van der Waals surface area contributed by atoms with E-state index in [4.69, 9.17) is 5.11 Å². The van der Waals surface area contributed by atoms with E-state index in [9.17, 15) is 9.90 Å². The zero-order valence-corrected chi connectivity index (χ0v) is 6.92. The molecule has 0 aromatic rings. The molecule has 1 amide bonds. The summed E-state index contributed by atoms with van der Waals surface area (Å²) >= 11 is 0. The van der Waals surface area contributed by atoms with Crippen molar-refractivity contribution in [3.05, 3.63) is 0 Å². The summed E-state index contributed by atoms with van der Waals surface area (Å²) in [4.78, 5) is 11.0. The maximum atomic E-state index is 11.0. The number of nitrogens with one attached hydrogen (secondary N) is 1. The smallest absolute Gasteiger partial charge is 0.251 e. The molecule has 1 atom stereocenters. The Morgan fingerprint density at radius 2 is 2.18 bits per heavy atom. The second-order valence-corrected chi connectivity index (χ2v) is 2.61. The van der Waals surface area contributed by atoms with Crippen LogP contribution in [0.25, 0.3) is 0 Å². The lowest BCUT2D eigenvalue weighted by Crippen LogP contribution is -2.44. The van der Waals surface area contributed by atoms with Crippen LogP contribution < -0.4 is 5.32 Å². The van der Waals surface area contributed by atoms with Gasteiger partial charge < -0.3 is 15.5 Å². The molecule has 4 nitrogen and oxygen atoms in total. The number of amides is 1. The Morgan fingerprint density at radius 3 is 2.55 bits per heavy atom. The normalized spacial score (nSPS) is 15.6. The summed E-state index contributed by atoms with van der Waals surface area (Å²) in [6.07, 6.45) is 0.0683. The molecule has 1 unspecified atom stereocenters. The SMILES string of the molecule is CCNC(=O)C(C)(O)CCO. The van der Waals surface area contributed by atoms with Gasteiger partial charge in [0, 0.05) is 19.6 Å². The van der Waals surface area contributed by atoms with Gasteiger partial charge in [-0.1, -0.05) is 0 Å². The van der Waals surface area contributed by atoms with Gasteiger partial charge in [-0.25, -0.2) is 0 Å². The number of likely N-dealkylation sites (N-methyl/N-ethyl adjacent to an activating group) is 1. The van der Waals surface area contributed by atoms with E-state index in [0.29, 0.717) is 6.54 Å². The molecule has 0 saturated heterocycles. The van der Waals surface area contributed by atoms with Crippen molar-refractivity contribution in [2.24, 2.45) is 0 Å². The lowest BCUT2D eigenvalue weighted by molar-refractivity contribution is -0.139. The number of aliphatic hydroxyl groups is 2. The topological polar surface area (TPSA) is 69.6 Å². The molecule has 3 N–H and O–H groups in total. The zero-order valence-electron chi connectivity index (χ0n) is 6.92. The fourth-order valence-electron chi connectivity index (χ4n) is 0.682. The van der Waals surface area contributed by atoms with Crippen LogP contribution in [0.3, 0.4) is 0 Å². The van der Waals surface area contributed by atoms with Gasteiger partial charge in [0.2, 0.25) is 0 Å². The van der Waals surface area contributed by atoms with Crippen molar-refractivity contribution < 1.29 is 15.0 Å². The highest BCUT2D eigenvalue weighted by molar-refractivity contribution is 5.84. The third-order valence-electron chi connectivity index (χ3n) is 1.43. The number of hydrogen-bond acceptors (Lipinski definition) is 3. The quantitative estimate of drug-likeness (QED) is 0.508. The molecule has 0 heterocycles. The maximum absolute atomic E-state index is 11.0. The van der Waals surface area contributed by atoms with Gasteiger partial charge in [0.15, 0.2) is 0 Å². The Hall–Kier alpha value is -0.610. The van der Waals surface area contributed by atoms with Gasteiger partial charge >= 0.3 is 0 Å². The van der Waals surface area contributed by atoms with Gasteiger partial charge in [-0.2, -0.15) is 0 Å². The van der Waals surface area contributed by atoms with Crippen LogP contribution in [0.15, 0.2) is 0 Å². The standard InChI is InChI=1S/C7H15NO3/c1-3-8-6(10)7(2,11)4-5-9/h9,11H,3-5H2,1-2H3,(H,8,10). The van der Waals surface area contributed by atoms with Crippen LogP contribution in [0, 0.1) is 0 Å². The van der Waals surface area contributed by atoms with E-state index in [0.717, 1.165) is 0 Å². The van der Waals surface area contributed by atoms with Crippen molar-refractivity contribution in [2.75, 3.05) is 13.2 Å². The van der Waals surface area contributed by atoms with Gasteiger partial charge in [0.05, 0.1) is 0 Å². The average Bonchev–Trinajstić information content (AvgIpc) is 1.88. The molecule has 0 spiro atoms. The van der Waals surface area contributed by atoms with Crippen molar-refractivity contribution in [1.82, 2.24) is 5.32 Å². The van der Waals surface area contributed by atoms with E-state index in [1.165, 1.54) is 6.92 Å². The Morgan fingerprint density at radius 1 is 1.64 bits per heavy atom. The zero-order chi connectivity index (χ0) is 8.91. The van der Waals surface area contributed by atoms with Crippen LogP contribution >= 0.6 is 0 Å². The lowest BCUT2D eigenvalue weighted by atomic mass is 10.0. The maximum Gasteiger partial charge on any atom is 0.251 e. The molecule has 0 fully saturated rings. The molecule has 0 radical (unpaired) electrons. The fraction of sp³-hybridized carbons (Fsp3) is 0.857. The fourth-order valence-corrected chi connectivity index (χ4v) is 0.682. The highest BCUT2D eigenvalue weighted by Gasteiger charge is 2.28. The molecule has 0 aliphatic rings. The van der Waals surface area contributed by atoms with E-state index < -0.39 is 11.5 Å². The summed E-state index contributed by atoms with van der Waals surface area (Å²) in [5.41, 5.74) is -1.44. The number of carbonyl (C=O) groups excluding carboxylic acids is 1. The summed E-state index contributed by atoms with van der Waals surface area (Å²) in [5, 5.41) is 20.3. The summed E-state index contributed by atoms with van der Waals surface area (Å²) in [7, 11) is 0. The van der Waals surface area contributed by atoms with Crippen LogP contribution in [-0.2, 0) is 4.79 Å². The number of carbonyl (C=O) groups is 1. The van der Waals surface area contributed by atoms with Gasteiger partial charge in [0.1, 0.15) is 5.60 Å². The van der Waals surface area contributed by atoms with E-state index >= 15 is 0 Å². The average molecular weight is 161 g/mol. The summed E-state index contributed by atoms with van der Waals surface area (Å²) in [6, 6.07) is 0. The summed E-state index contributed by atoms with van der Waals surface area (Å²) in [6.45, 7) is 3.45. The molecule has 0 saturated carbocycles. The Balaban J connectivity index is 3.94. The molecule has 0 aliphatic heterocycles. The second kappa shape index (κ2) is 4.31. The monoisotopic (exact) mass is 161 g/mol. The van der Waals surface area contributed by atoms with Crippen molar-refractivity contribution in [3.8, 4) is 0 Å². The number of aliphatic hydroxyl groups excluding tert-OH is 1. The van der Waals surface area contributed by atoms with Gasteiger partial charge in [-0.05, 0) is 13.8 Å². The van der Waals surface area contributed by atoms with Gasteiger partial charge in [-0.15, -0.1) is 0 Å².